The molecule has 9 heavy (non-hydrogen) atoms. The lowest BCUT2D eigenvalue weighted by atomic mass is 10.0. The van der Waals surface area contributed by atoms with Crippen LogP contribution in [0.5, 0.6) is 0 Å². The van der Waals surface area contributed by atoms with Crippen LogP contribution in [0.3, 0.4) is 0 Å². The van der Waals surface area contributed by atoms with Gasteiger partial charge in [-0.25, -0.2) is 0 Å². The van der Waals surface area contributed by atoms with Crippen LogP contribution in [0, 0.1) is 0 Å². The number of ether oxygens (including phenoxy) is 1. The van der Waals surface area contributed by atoms with E-state index in [-0.39, 0.29) is 11.7 Å². The number of hydrogen-bond acceptors (Lipinski definition) is 2. The summed E-state index contributed by atoms with van der Waals surface area (Å²) in [5.41, 5.74) is -0.0677. The number of carbonyl (C=O) groups is 1. The number of rotatable bonds is 3. The van der Waals surface area contributed by atoms with Crippen molar-refractivity contribution in [3.05, 3.63) is 0 Å². The standard InChI is InChI=1S/C7H12O2/c1-3-7(4-2)6(5-8)9-7/h5-6H,3-4H2,1-2H3. The molecule has 1 atom stereocenters. The number of hydrogen-bond donors (Lipinski definition) is 0. The molecule has 0 radical (unpaired) electrons. The summed E-state index contributed by atoms with van der Waals surface area (Å²) >= 11 is 0. The van der Waals surface area contributed by atoms with Gasteiger partial charge < -0.3 is 9.53 Å². The summed E-state index contributed by atoms with van der Waals surface area (Å²) in [6, 6.07) is 0. The van der Waals surface area contributed by atoms with Crippen molar-refractivity contribution in [2.75, 3.05) is 0 Å². The van der Waals surface area contributed by atoms with E-state index in [0.29, 0.717) is 0 Å². The van der Waals surface area contributed by atoms with Crippen molar-refractivity contribution in [2.45, 2.75) is 38.4 Å². The van der Waals surface area contributed by atoms with Crippen molar-refractivity contribution in [1.82, 2.24) is 0 Å². The van der Waals surface area contributed by atoms with E-state index >= 15 is 0 Å². The molecule has 1 fully saturated rings. The fraction of sp³-hybridized carbons (Fsp3) is 0.857. The fourth-order valence-corrected chi connectivity index (χ4v) is 1.19. The van der Waals surface area contributed by atoms with Crippen molar-refractivity contribution in [1.29, 1.82) is 0 Å². The van der Waals surface area contributed by atoms with E-state index in [1.54, 1.807) is 0 Å². The highest BCUT2D eigenvalue weighted by Crippen LogP contribution is 2.40. The molecule has 0 aromatic carbocycles. The van der Waals surface area contributed by atoms with E-state index < -0.39 is 0 Å². The van der Waals surface area contributed by atoms with Gasteiger partial charge in [0.2, 0.25) is 0 Å². The molecule has 2 nitrogen and oxygen atoms in total. The van der Waals surface area contributed by atoms with Crippen molar-refractivity contribution < 1.29 is 9.53 Å². The van der Waals surface area contributed by atoms with Crippen molar-refractivity contribution in [3.8, 4) is 0 Å². The summed E-state index contributed by atoms with van der Waals surface area (Å²) in [6.07, 6.45) is 2.69. The van der Waals surface area contributed by atoms with Crippen LogP contribution in [0.25, 0.3) is 0 Å². The van der Waals surface area contributed by atoms with E-state index in [4.69, 9.17) is 4.74 Å². The predicted molar refractivity (Wildman–Crippen MR) is 34.2 cm³/mol. The molecule has 52 valence electrons. The third-order valence-corrected chi connectivity index (χ3v) is 2.14. The Balaban J connectivity index is 2.46. The Hall–Kier alpha value is -0.370. The summed E-state index contributed by atoms with van der Waals surface area (Å²) in [5.74, 6) is 0. The van der Waals surface area contributed by atoms with Gasteiger partial charge in [-0.3, -0.25) is 0 Å². The zero-order chi connectivity index (χ0) is 6.91. The van der Waals surface area contributed by atoms with Gasteiger partial charge in [0.25, 0.3) is 0 Å². The highest BCUT2D eigenvalue weighted by molar-refractivity contribution is 5.62. The second-order valence-corrected chi connectivity index (χ2v) is 2.45. The Morgan fingerprint density at radius 1 is 1.56 bits per heavy atom. The largest absolute Gasteiger partial charge is 0.358 e. The molecule has 1 saturated heterocycles. The lowest BCUT2D eigenvalue weighted by molar-refractivity contribution is -0.108. The summed E-state index contributed by atoms with van der Waals surface area (Å²) in [7, 11) is 0. The quantitative estimate of drug-likeness (QED) is 0.421. The first-order chi connectivity index (χ1) is 4.29. The molecule has 0 N–H and O–H groups in total. The van der Waals surface area contributed by atoms with Gasteiger partial charge in [-0.05, 0) is 12.8 Å². The van der Waals surface area contributed by atoms with Gasteiger partial charge in [-0.15, -0.1) is 0 Å². The summed E-state index contributed by atoms with van der Waals surface area (Å²) in [4.78, 5) is 10.2. The summed E-state index contributed by atoms with van der Waals surface area (Å²) in [5, 5.41) is 0. The molecule has 1 rings (SSSR count). The number of aldehydes is 1. The molecule has 0 aromatic rings. The normalized spacial score (nSPS) is 29.8. The van der Waals surface area contributed by atoms with Gasteiger partial charge in [0, 0.05) is 0 Å². The zero-order valence-corrected chi connectivity index (χ0v) is 5.89. The van der Waals surface area contributed by atoms with Gasteiger partial charge in [-0.1, -0.05) is 13.8 Å². The third-order valence-electron chi connectivity index (χ3n) is 2.14. The van der Waals surface area contributed by atoms with Gasteiger partial charge in [0.05, 0.1) is 0 Å². The van der Waals surface area contributed by atoms with Crippen LogP contribution in [-0.2, 0) is 9.53 Å². The highest BCUT2D eigenvalue weighted by atomic mass is 16.6. The Labute approximate surface area is 55.2 Å². The molecule has 1 heterocycles. The lowest BCUT2D eigenvalue weighted by Gasteiger charge is -2.01. The maximum atomic E-state index is 10.2. The third kappa shape index (κ3) is 0.874. The average molecular weight is 128 g/mol. The molecule has 0 saturated carbocycles. The van der Waals surface area contributed by atoms with Crippen LogP contribution in [0.15, 0.2) is 0 Å². The Morgan fingerprint density at radius 2 is 2.11 bits per heavy atom. The topological polar surface area (TPSA) is 29.6 Å². The van der Waals surface area contributed by atoms with Crippen molar-refractivity contribution in [3.63, 3.8) is 0 Å². The minimum atomic E-state index is -0.104. The molecule has 0 aromatic heterocycles. The second kappa shape index (κ2) is 2.10. The predicted octanol–water partition coefficient (Wildman–Crippen LogP) is 1.14. The van der Waals surface area contributed by atoms with Crippen LogP contribution in [0.4, 0.5) is 0 Å². The highest BCUT2D eigenvalue weighted by Gasteiger charge is 2.53. The molecule has 0 aliphatic carbocycles. The van der Waals surface area contributed by atoms with Crippen LogP contribution >= 0.6 is 0 Å². The average Bonchev–Trinajstić information content (AvgIpc) is 2.63. The second-order valence-electron chi connectivity index (χ2n) is 2.45. The molecule has 0 spiro atoms. The molecular formula is C7H12O2. The Kier molecular flexibility index (Phi) is 1.58. The fourth-order valence-electron chi connectivity index (χ4n) is 1.19. The maximum absolute atomic E-state index is 10.2. The van der Waals surface area contributed by atoms with Crippen molar-refractivity contribution >= 4 is 6.29 Å². The minimum Gasteiger partial charge on any atom is -0.358 e. The molecule has 1 aliphatic rings. The van der Waals surface area contributed by atoms with Crippen LogP contribution < -0.4 is 0 Å². The summed E-state index contributed by atoms with van der Waals surface area (Å²) < 4.78 is 5.18. The first-order valence-corrected chi connectivity index (χ1v) is 3.42. The molecule has 0 bridgehead atoms. The Morgan fingerprint density at radius 3 is 2.22 bits per heavy atom. The van der Waals surface area contributed by atoms with Crippen LogP contribution in [0.1, 0.15) is 26.7 Å². The molecule has 1 unspecified atom stereocenters. The minimum absolute atomic E-state index is 0.0677. The first-order valence-electron chi connectivity index (χ1n) is 3.42. The maximum Gasteiger partial charge on any atom is 0.151 e. The Bertz CT molecular complexity index is 116. The van der Waals surface area contributed by atoms with Gasteiger partial charge >= 0.3 is 0 Å². The van der Waals surface area contributed by atoms with Crippen LogP contribution in [-0.4, -0.2) is 18.0 Å². The smallest absolute Gasteiger partial charge is 0.151 e. The SMILES string of the molecule is CCC1(CC)OC1C=O. The van der Waals surface area contributed by atoms with Gasteiger partial charge in [-0.2, -0.15) is 0 Å². The van der Waals surface area contributed by atoms with Gasteiger partial charge in [0.1, 0.15) is 11.7 Å². The van der Waals surface area contributed by atoms with Crippen molar-refractivity contribution in [2.24, 2.45) is 0 Å². The monoisotopic (exact) mass is 128 g/mol. The van der Waals surface area contributed by atoms with Crippen LogP contribution in [0.2, 0.25) is 0 Å². The van der Waals surface area contributed by atoms with Gasteiger partial charge in [0.15, 0.2) is 6.29 Å². The van der Waals surface area contributed by atoms with E-state index in [1.165, 1.54) is 0 Å². The van der Waals surface area contributed by atoms with E-state index in [9.17, 15) is 4.79 Å². The molecule has 1 aliphatic heterocycles. The number of carbonyl (C=O) groups excluding carboxylic acids is 1. The van der Waals surface area contributed by atoms with E-state index in [1.807, 2.05) is 13.8 Å². The van der Waals surface area contributed by atoms with E-state index in [2.05, 4.69) is 0 Å². The molecule has 0 amide bonds. The molecule has 2 heteroatoms. The van der Waals surface area contributed by atoms with E-state index in [0.717, 1.165) is 19.1 Å². The molecular weight excluding hydrogens is 116 g/mol. The number of epoxide rings is 1. The summed E-state index contributed by atoms with van der Waals surface area (Å²) in [6.45, 7) is 4.10. The lowest BCUT2D eigenvalue weighted by Crippen LogP contribution is -2.12. The first kappa shape index (κ1) is 6.75. The zero-order valence-electron chi connectivity index (χ0n) is 5.89.